The van der Waals surface area contributed by atoms with Gasteiger partial charge in [0.05, 0.1) is 6.42 Å². The number of ether oxygens (including phenoxy) is 1. The quantitative estimate of drug-likeness (QED) is 0.701. The third-order valence-electron chi connectivity index (χ3n) is 3.26. The highest BCUT2D eigenvalue weighted by molar-refractivity contribution is 5.77. The average molecular weight is 255 g/mol. The van der Waals surface area contributed by atoms with E-state index < -0.39 is 23.5 Å². The first-order valence-corrected chi connectivity index (χ1v) is 6.70. The number of hydrogen-bond donors (Lipinski definition) is 0. The van der Waals surface area contributed by atoms with E-state index in [-0.39, 0.29) is 6.42 Å². The normalized spacial score (nSPS) is 18.6. The van der Waals surface area contributed by atoms with Gasteiger partial charge in [-0.05, 0) is 33.1 Å². The number of carbonyl (C=O) groups is 2. The van der Waals surface area contributed by atoms with Crippen LogP contribution < -0.4 is 5.11 Å². The van der Waals surface area contributed by atoms with Crippen LogP contribution in [0.2, 0.25) is 0 Å². The predicted octanol–water partition coefficient (Wildman–Crippen LogP) is 1.66. The van der Waals surface area contributed by atoms with Crippen LogP contribution in [0.4, 0.5) is 0 Å². The van der Waals surface area contributed by atoms with Gasteiger partial charge in [-0.3, -0.25) is 4.79 Å². The van der Waals surface area contributed by atoms with Gasteiger partial charge in [-0.25, -0.2) is 0 Å². The van der Waals surface area contributed by atoms with Crippen LogP contribution in [0.3, 0.4) is 0 Å². The Hall–Kier alpha value is -1.06. The van der Waals surface area contributed by atoms with Crippen molar-refractivity contribution in [3.05, 3.63) is 0 Å². The van der Waals surface area contributed by atoms with Crippen molar-refractivity contribution in [3.63, 3.8) is 0 Å². The zero-order valence-corrected chi connectivity index (χ0v) is 11.5. The molecule has 0 N–H and O–H groups in total. The van der Waals surface area contributed by atoms with E-state index in [9.17, 15) is 14.7 Å². The van der Waals surface area contributed by atoms with Gasteiger partial charge in [0.1, 0.15) is 5.60 Å². The second-order valence-electron chi connectivity index (χ2n) is 6.19. The van der Waals surface area contributed by atoms with Crippen molar-refractivity contribution in [1.29, 1.82) is 0 Å². The second-order valence-corrected chi connectivity index (χ2v) is 6.19. The monoisotopic (exact) mass is 255 g/mol. The van der Waals surface area contributed by atoms with E-state index in [0.717, 1.165) is 25.7 Å². The zero-order chi connectivity index (χ0) is 13.8. The molecule has 18 heavy (non-hydrogen) atoms. The van der Waals surface area contributed by atoms with Crippen molar-refractivity contribution in [2.24, 2.45) is 11.8 Å². The molecule has 0 aliphatic heterocycles. The van der Waals surface area contributed by atoms with Crippen LogP contribution in [-0.4, -0.2) is 17.5 Å². The van der Waals surface area contributed by atoms with Crippen LogP contribution in [0.25, 0.3) is 0 Å². The molecule has 0 unspecified atom stereocenters. The number of rotatable bonds is 5. The minimum Gasteiger partial charge on any atom is -0.550 e. The summed E-state index contributed by atoms with van der Waals surface area (Å²) in [6.45, 7) is 5.32. The van der Waals surface area contributed by atoms with E-state index >= 15 is 0 Å². The van der Waals surface area contributed by atoms with Crippen LogP contribution >= 0.6 is 0 Å². The van der Waals surface area contributed by atoms with Crippen LogP contribution in [0.5, 0.6) is 0 Å². The minimum absolute atomic E-state index is 0.0733. The van der Waals surface area contributed by atoms with E-state index in [2.05, 4.69) is 0 Å². The van der Waals surface area contributed by atoms with Crippen LogP contribution in [0.1, 0.15) is 59.3 Å². The molecular formula is C14H23O4-. The van der Waals surface area contributed by atoms with Crippen LogP contribution in [0, 0.1) is 11.8 Å². The maximum atomic E-state index is 11.6. The van der Waals surface area contributed by atoms with Crippen molar-refractivity contribution >= 4 is 11.9 Å². The molecule has 0 saturated heterocycles. The third kappa shape index (κ3) is 5.52. The summed E-state index contributed by atoms with van der Waals surface area (Å²) in [5.74, 6) is -1.86. The summed E-state index contributed by atoms with van der Waals surface area (Å²) in [7, 11) is 0. The molecule has 1 aliphatic rings. The summed E-state index contributed by atoms with van der Waals surface area (Å²) in [6, 6.07) is 0. The van der Waals surface area contributed by atoms with E-state index in [1.54, 1.807) is 20.8 Å². The summed E-state index contributed by atoms with van der Waals surface area (Å²) in [4.78, 5) is 22.7. The molecule has 1 aliphatic carbocycles. The maximum absolute atomic E-state index is 11.6. The van der Waals surface area contributed by atoms with Crippen molar-refractivity contribution in [2.75, 3.05) is 0 Å². The van der Waals surface area contributed by atoms with Crippen molar-refractivity contribution in [2.45, 2.75) is 64.9 Å². The number of carbonyl (C=O) groups excluding carboxylic acids is 2. The highest BCUT2D eigenvalue weighted by atomic mass is 16.6. The Morgan fingerprint density at radius 3 is 2.28 bits per heavy atom. The standard InChI is InChI=1S/C14H24O4/c1-14(2,3)18-12(15)9-11(13(16)17)8-10-6-4-5-7-10/h10-11H,4-9H2,1-3H3,(H,16,17)/p-1/t11-/m1/s1. The summed E-state index contributed by atoms with van der Waals surface area (Å²) >= 11 is 0. The predicted molar refractivity (Wildman–Crippen MR) is 65.5 cm³/mol. The summed E-state index contributed by atoms with van der Waals surface area (Å²) in [5, 5.41) is 11.1. The van der Waals surface area contributed by atoms with Crippen molar-refractivity contribution in [3.8, 4) is 0 Å². The zero-order valence-electron chi connectivity index (χ0n) is 11.5. The van der Waals surface area contributed by atoms with Gasteiger partial charge in [0.15, 0.2) is 0 Å². The van der Waals surface area contributed by atoms with E-state index in [4.69, 9.17) is 4.74 Å². The molecule has 1 saturated carbocycles. The molecule has 0 aromatic carbocycles. The molecule has 0 aromatic rings. The summed E-state index contributed by atoms with van der Waals surface area (Å²) in [5.41, 5.74) is -0.569. The fourth-order valence-corrected chi connectivity index (χ4v) is 2.50. The molecule has 0 spiro atoms. The number of esters is 1. The lowest BCUT2D eigenvalue weighted by molar-refractivity contribution is -0.312. The van der Waals surface area contributed by atoms with Gasteiger partial charge in [-0.15, -0.1) is 0 Å². The SMILES string of the molecule is CC(C)(C)OC(=O)C[C@@H](CC1CCCC1)C(=O)[O-]. The lowest BCUT2D eigenvalue weighted by Gasteiger charge is -2.24. The molecule has 1 atom stereocenters. The van der Waals surface area contributed by atoms with Gasteiger partial charge in [-0.2, -0.15) is 0 Å². The first-order valence-electron chi connectivity index (χ1n) is 6.70. The Bertz CT molecular complexity index is 297. The van der Waals surface area contributed by atoms with Crippen molar-refractivity contribution < 1.29 is 19.4 Å². The summed E-state index contributed by atoms with van der Waals surface area (Å²) in [6.07, 6.45) is 4.93. The molecule has 4 heteroatoms. The Labute approximate surface area is 109 Å². The van der Waals surface area contributed by atoms with Gasteiger partial charge in [-0.1, -0.05) is 25.7 Å². The lowest BCUT2D eigenvalue weighted by atomic mass is 9.91. The molecule has 0 bridgehead atoms. The molecule has 4 nitrogen and oxygen atoms in total. The van der Waals surface area contributed by atoms with Gasteiger partial charge >= 0.3 is 5.97 Å². The largest absolute Gasteiger partial charge is 0.550 e. The average Bonchev–Trinajstić information content (AvgIpc) is 2.66. The lowest BCUT2D eigenvalue weighted by Crippen LogP contribution is -2.35. The molecule has 0 heterocycles. The van der Waals surface area contributed by atoms with E-state index in [0.29, 0.717) is 12.3 Å². The molecule has 0 aromatic heterocycles. The molecular weight excluding hydrogens is 232 g/mol. The molecule has 104 valence electrons. The molecule has 0 amide bonds. The number of carboxylic acid groups (broad SMARTS) is 1. The van der Waals surface area contributed by atoms with Crippen LogP contribution in [0.15, 0.2) is 0 Å². The highest BCUT2D eigenvalue weighted by Crippen LogP contribution is 2.31. The number of carboxylic acids is 1. The van der Waals surface area contributed by atoms with Gasteiger partial charge in [0.2, 0.25) is 0 Å². The molecule has 1 fully saturated rings. The Morgan fingerprint density at radius 1 is 1.28 bits per heavy atom. The van der Waals surface area contributed by atoms with Gasteiger partial charge in [0.25, 0.3) is 0 Å². The smallest absolute Gasteiger partial charge is 0.306 e. The number of aliphatic carboxylic acids is 1. The van der Waals surface area contributed by atoms with E-state index in [1.165, 1.54) is 0 Å². The molecule has 0 radical (unpaired) electrons. The van der Waals surface area contributed by atoms with E-state index in [1.807, 2.05) is 0 Å². The van der Waals surface area contributed by atoms with Gasteiger partial charge in [0, 0.05) is 11.9 Å². The third-order valence-corrected chi connectivity index (χ3v) is 3.26. The second kappa shape index (κ2) is 6.21. The Morgan fingerprint density at radius 2 is 1.83 bits per heavy atom. The first kappa shape index (κ1) is 15.0. The Balaban J connectivity index is 2.46. The topological polar surface area (TPSA) is 66.4 Å². The maximum Gasteiger partial charge on any atom is 0.306 e. The van der Waals surface area contributed by atoms with Crippen molar-refractivity contribution in [1.82, 2.24) is 0 Å². The summed E-state index contributed by atoms with van der Waals surface area (Å²) < 4.78 is 5.15. The molecule has 1 rings (SSSR count). The van der Waals surface area contributed by atoms with Gasteiger partial charge < -0.3 is 14.6 Å². The van der Waals surface area contributed by atoms with Crippen LogP contribution in [-0.2, 0) is 14.3 Å². The Kier molecular flexibility index (Phi) is 5.17. The fourth-order valence-electron chi connectivity index (χ4n) is 2.50. The first-order chi connectivity index (χ1) is 8.28. The minimum atomic E-state index is -1.13. The number of hydrogen-bond acceptors (Lipinski definition) is 4. The fraction of sp³-hybridized carbons (Fsp3) is 0.857. The highest BCUT2D eigenvalue weighted by Gasteiger charge is 2.25.